The normalized spacial score (nSPS) is 10.8. The number of carbonyl (C=O) groups is 2. The van der Waals surface area contributed by atoms with E-state index >= 15 is 0 Å². The van der Waals surface area contributed by atoms with Gasteiger partial charge < -0.3 is 14.8 Å². The highest BCUT2D eigenvalue weighted by Gasteiger charge is 2.07. The van der Waals surface area contributed by atoms with E-state index in [0.717, 1.165) is 6.08 Å². The number of nitrogens with zero attached hydrogens (tertiary/aromatic N) is 1. The molecule has 1 amide bonds. The lowest BCUT2D eigenvalue weighted by molar-refractivity contribution is -0.142. The lowest BCUT2D eigenvalue weighted by atomic mass is 10.2. The molecule has 1 aromatic heterocycles. The third-order valence-corrected chi connectivity index (χ3v) is 3.08. The smallest absolute Gasteiger partial charge is 0.387 e. The van der Waals surface area contributed by atoms with E-state index in [9.17, 15) is 18.4 Å². The molecule has 26 heavy (non-hydrogen) atoms. The average Bonchev–Trinajstić information content (AvgIpc) is 2.61. The van der Waals surface area contributed by atoms with Crippen molar-refractivity contribution in [1.29, 1.82) is 0 Å². The van der Waals surface area contributed by atoms with Gasteiger partial charge in [-0.1, -0.05) is 23.7 Å². The van der Waals surface area contributed by atoms with Gasteiger partial charge in [-0.25, -0.2) is 9.78 Å². The van der Waals surface area contributed by atoms with E-state index in [1.807, 2.05) is 0 Å². The molecule has 0 aliphatic rings. The Hall–Kier alpha value is -3.00. The van der Waals surface area contributed by atoms with Gasteiger partial charge in [0.2, 0.25) is 0 Å². The van der Waals surface area contributed by atoms with E-state index in [2.05, 4.69) is 15.0 Å². The van der Waals surface area contributed by atoms with Crippen molar-refractivity contribution in [3.63, 3.8) is 0 Å². The molecule has 0 atom stereocenters. The molecule has 0 unspecified atom stereocenters. The Labute approximate surface area is 152 Å². The van der Waals surface area contributed by atoms with Gasteiger partial charge in [-0.3, -0.25) is 4.79 Å². The molecule has 0 spiro atoms. The molecular weight excluding hydrogens is 370 g/mol. The number of carbonyl (C=O) groups excluding carboxylic acids is 2. The molecular formula is C17H13ClF2N2O4. The summed E-state index contributed by atoms with van der Waals surface area (Å²) in [6.07, 6.45) is 3.88. The van der Waals surface area contributed by atoms with Crippen LogP contribution in [0.5, 0.6) is 5.75 Å². The first-order valence-corrected chi connectivity index (χ1v) is 7.61. The van der Waals surface area contributed by atoms with Crippen molar-refractivity contribution < 1.29 is 27.8 Å². The van der Waals surface area contributed by atoms with Crippen LogP contribution in [0.25, 0.3) is 6.08 Å². The summed E-state index contributed by atoms with van der Waals surface area (Å²) in [5.41, 5.74) is 0.568. The molecule has 6 nitrogen and oxygen atoms in total. The summed E-state index contributed by atoms with van der Waals surface area (Å²) in [4.78, 5) is 27.1. The van der Waals surface area contributed by atoms with Gasteiger partial charge in [0.1, 0.15) is 11.6 Å². The first-order valence-electron chi connectivity index (χ1n) is 7.23. The van der Waals surface area contributed by atoms with E-state index in [1.165, 1.54) is 42.6 Å². The number of aromatic nitrogens is 1. The van der Waals surface area contributed by atoms with Crippen LogP contribution < -0.4 is 10.1 Å². The monoisotopic (exact) mass is 382 g/mol. The molecule has 0 fully saturated rings. The quantitative estimate of drug-likeness (QED) is 0.585. The first kappa shape index (κ1) is 19.3. The Bertz CT molecular complexity index is 780. The molecule has 9 heteroatoms. The highest BCUT2D eigenvalue weighted by molar-refractivity contribution is 6.30. The second-order valence-corrected chi connectivity index (χ2v) is 5.23. The van der Waals surface area contributed by atoms with Crippen molar-refractivity contribution in [3.8, 4) is 5.75 Å². The number of esters is 1. The molecule has 0 saturated heterocycles. The van der Waals surface area contributed by atoms with Gasteiger partial charge in [-0.15, -0.1) is 0 Å². The predicted octanol–water partition coefficient (Wildman–Crippen LogP) is 3.53. The van der Waals surface area contributed by atoms with Gasteiger partial charge in [-0.05, 0) is 35.9 Å². The minimum Gasteiger partial charge on any atom is -0.452 e. The number of halogens is 3. The summed E-state index contributed by atoms with van der Waals surface area (Å²) in [7, 11) is 0. The fourth-order valence-electron chi connectivity index (χ4n) is 1.74. The van der Waals surface area contributed by atoms with Gasteiger partial charge in [-0.2, -0.15) is 8.78 Å². The second-order valence-electron chi connectivity index (χ2n) is 4.80. The molecule has 1 N–H and O–H groups in total. The zero-order chi connectivity index (χ0) is 18.9. The summed E-state index contributed by atoms with van der Waals surface area (Å²) in [5.74, 6) is -1.02. The summed E-state index contributed by atoms with van der Waals surface area (Å²) in [5, 5.41) is 2.86. The number of amides is 1. The maximum atomic E-state index is 12.0. The van der Waals surface area contributed by atoms with Crippen molar-refractivity contribution in [3.05, 3.63) is 59.3 Å². The second kappa shape index (κ2) is 9.47. The summed E-state index contributed by atoms with van der Waals surface area (Å²) < 4.78 is 33.1. The highest BCUT2D eigenvalue weighted by Crippen LogP contribution is 2.15. The van der Waals surface area contributed by atoms with E-state index < -0.39 is 25.1 Å². The minimum atomic E-state index is -2.90. The Balaban J connectivity index is 1.77. The molecule has 2 aromatic rings. The van der Waals surface area contributed by atoms with Crippen LogP contribution in [0.1, 0.15) is 5.56 Å². The number of hydrogen-bond acceptors (Lipinski definition) is 5. The van der Waals surface area contributed by atoms with Gasteiger partial charge in [0.25, 0.3) is 5.91 Å². The van der Waals surface area contributed by atoms with Crippen molar-refractivity contribution >= 4 is 35.4 Å². The van der Waals surface area contributed by atoms with Crippen molar-refractivity contribution in [1.82, 2.24) is 4.98 Å². The maximum absolute atomic E-state index is 12.0. The fraction of sp³-hybridized carbons (Fsp3) is 0.118. The SMILES string of the molecule is O=C(COC(=O)/C=C/c1ccc(OC(F)F)cc1)Nc1ccc(Cl)cn1. The molecule has 0 radical (unpaired) electrons. The first-order chi connectivity index (χ1) is 12.4. The number of anilines is 1. The molecule has 136 valence electrons. The van der Waals surface area contributed by atoms with Crippen LogP contribution in [-0.2, 0) is 14.3 Å². The van der Waals surface area contributed by atoms with Crippen LogP contribution in [0.4, 0.5) is 14.6 Å². The van der Waals surface area contributed by atoms with Gasteiger partial charge in [0.05, 0.1) is 5.02 Å². The van der Waals surface area contributed by atoms with E-state index in [4.69, 9.17) is 16.3 Å². The minimum absolute atomic E-state index is 0.00667. The molecule has 0 aliphatic heterocycles. The Morgan fingerprint density at radius 2 is 1.92 bits per heavy atom. The molecule has 0 saturated carbocycles. The lowest BCUT2D eigenvalue weighted by Gasteiger charge is -2.05. The average molecular weight is 383 g/mol. The number of hydrogen-bond donors (Lipinski definition) is 1. The number of ether oxygens (including phenoxy) is 2. The number of benzene rings is 1. The molecule has 0 aliphatic carbocycles. The van der Waals surface area contributed by atoms with E-state index in [0.29, 0.717) is 10.6 Å². The number of nitrogens with one attached hydrogen (secondary N) is 1. The van der Waals surface area contributed by atoms with Crippen LogP contribution in [0, 0.1) is 0 Å². The van der Waals surface area contributed by atoms with Crippen molar-refractivity contribution in [2.24, 2.45) is 0 Å². The van der Waals surface area contributed by atoms with E-state index in [1.54, 1.807) is 6.07 Å². The number of rotatable bonds is 7. The standard InChI is InChI=1S/C17H13ClF2N2O4/c18-12-4-7-14(21-9-12)22-15(23)10-25-16(24)8-3-11-1-5-13(6-2-11)26-17(19)20/h1-9,17H,10H2,(H,21,22,23)/b8-3+. The van der Waals surface area contributed by atoms with Crippen molar-refractivity contribution in [2.45, 2.75) is 6.61 Å². The van der Waals surface area contributed by atoms with Crippen LogP contribution >= 0.6 is 11.6 Å². The third-order valence-electron chi connectivity index (χ3n) is 2.86. The molecule has 0 bridgehead atoms. The topological polar surface area (TPSA) is 77.5 Å². The Morgan fingerprint density at radius 1 is 1.19 bits per heavy atom. The molecule has 1 heterocycles. The lowest BCUT2D eigenvalue weighted by Crippen LogP contribution is -2.20. The van der Waals surface area contributed by atoms with Crippen LogP contribution in [0.3, 0.4) is 0 Å². The van der Waals surface area contributed by atoms with Crippen LogP contribution in [0.15, 0.2) is 48.7 Å². The largest absolute Gasteiger partial charge is 0.452 e. The van der Waals surface area contributed by atoms with Gasteiger partial charge >= 0.3 is 12.6 Å². The van der Waals surface area contributed by atoms with Crippen LogP contribution in [-0.4, -0.2) is 30.1 Å². The zero-order valence-electron chi connectivity index (χ0n) is 13.2. The van der Waals surface area contributed by atoms with Gasteiger partial charge in [0, 0.05) is 12.3 Å². The maximum Gasteiger partial charge on any atom is 0.387 e. The third kappa shape index (κ3) is 6.86. The fourth-order valence-corrected chi connectivity index (χ4v) is 1.85. The van der Waals surface area contributed by atoms with Crippen LogP contribution in [0.2, 0.25) is 5.02 Å². The Morgan fingerprint density at radius 3 is 2.54 bits per heavy atom. The molecule has 2 rings (SSSR count). The molecule has 1 aromatic carbocycles. The number of pyridine rings is 1. The summed E-state index contributed by atoms with van der Waals surface area (Å²) in [6.45, 7) is -3.39. The Kier molecular flexibility index (Phi) is 7.04. The van der Waals surface area contributed by atoms with Crippen molar-refractivity contribution in [2.75, 3.05) is 11.9 Å². The number of alkyl halides is 2. The predicted molar refractivity (Wildman–Crippen MR) is 90.9 cm³/mol. The highest BCUT2D eigenvalue weighted by atomic mass is 35.5. The summed E-state index contributed by atoms with van der Waals surface area (Å²) >= 11 is 5.67. The zero-order valence-corrected chi connectivity index (χ0v) is 14.0. The van der Waals surface area contributed by atoms with Gasteiger partial charge in [0.15, 0.2) is 6.61 Å². The van der Waals surface area contributed by atoms with E-state index in [-0.39, 0.29) is 11.6 Å². The summed E-state index contributed by atoms with van der Waals surface area (Å²) in [6, 6.07) is 8.70.